The molecule has 5 nitrogen and oxygen atoms in total. The van der Waals surface area contributed by atoms with Crippen molar-refractivity contribution in [3.8, 4) is 0 Å². The first-order valence-corrected chi connectivity index (χ1v) is 7.29. The van der Waals surface area contributed by atoms with Crippen molar-refractivity contribution in [3.63, 3.8) is 0 Å². The zero-order valence-corrected chi connectivity index (χ0v) is 11.5. The third kappa shape index (κ3) is 2.16. The molecule has 2 aromatic rings. The molecule has 0 aliphatic carbocycles. The van der Waals surface area contributed by atoms with Crippen LogP contribution >= 0.6 is 11.3 Å². The Bertz CT molecular complexity index is 676. The van der Waals surface area contributed by atoms with Gasteiger partial charge in [0.1, 0.15) is 5.56 Å². The summed E-state index contributed by atoms with van der Waals surface area (Å²) in [5.74, 6) is 0.308. The Morgan fingerprint density at radius 3 is 3.16 bits per heavy atom. The second-order valence-corrected chi connectivity index (χ2v) is 5.90. The van der Waals surface area contributed by atoms with E-state index >= 15 is 0 Å². The fourth-order valence-corrected chi connectivity index (χ4v) is 3.19. The van der Waals surface area contributed by atoms with E-state index in [2.05, 4.69) is 11.9 Å². The van der Waals surface area contributed by atoms with Crippen LogP contribution < -0.4 is 5.56 Å². The normalized spacial score (nSPS) is 19.8. The first kappa shape index (κ1) is 12.3. The predicted molar refractivity (Wildman–Crippen MR) is 73.6 cm³/mol. The lowest BCUT2D eigenvalue weighted by Crippen LogP contribution is -2.41. The van der Waals surface area contributed by atoms with Crippen LogP contribution in [0.15, 0.2) is 22.6 Å². The van der Waals surface area contributed by atoms with Gasteiger partial charge < -0.3 is 4.90 Å². The predicted octanol–water partition coefficient (Wildman–Crippen LogP) is 1.63. The molecule has 0 radical (unpaired) electrons. The number of carbonyl (C=O) groups is 1. The SMILES string of the molecule is CC1CCCN(C(=O)c2cnc3sccn3c2=O)C1. The van der Waals surface area contributed by atoms with Gasteiger partial charge in [0.15, 0.2) is 4.96 Å². The summed E-state index contributed by atoms with van der Waals surface area (Å²) in [5, 5.41) is 1.79. The number of hydrogen-bond acceptors (Lipinski definition) is 4. The van der Waals surface area contributed by atoms with Crippen LogP contribution in [0, 0.1) is 5.92 Å². The van der Waals surface area contributed by atoms with Crippen molar-refractivity contribution in [1.29, 1.82) is 0 Å². The zero-order valence-electron chi connectivity index (χ0n) is 10.7. The van der Waals surface area contributed by atoms with Gasteiger partial charge in [0, 0.05) is 30.9 Å². The van der Waals surface area contributed by atoms with Crippen LogP contribution in [-0.2, 0) is 0 Å². The second kappa shape index (κ2) is 4.77. The molecular weight excluding hydrogens is 262 g/mol. The minimum atomic E-state index is -0.269. The molecule has 1 saturated heterocycles. The number of rotatable bonds is 1. The van der Waals surface area contributed by atoms with Crippen LogP contribution in [0.25, 0.3) is 4.96 Å². The van der Waals surface area contributed by atoms with E-state index < -0.39 is 0 Å². The number of hydrogen-bond donors (Lipinski definition) is 0. The largest absolute Gasteiger partial charge is 0.338 e. The highest BCUT2D eigenvalue weighted by molar-refractivity contribution is 7.15. The lowest BCUT2D eigenvalue weighted by Gasteiger charge is -2.30. The van der Waals surface area contributed by atoms with Gasteiger partial charge in [-0.1, -0.05) is 6.92 Å². The molecule has 1 fully saturated rings. The second-order valence-electron chi connectivity index (χ2n) is 5.03. The standard InChI is InChI=1S/C13H15N3O2S/c1-9-3-2-4-15(8-9)11(17)10-7-14-13-16(12(10)18)5-6-19-13/h5-7,9H,2-4,8H2,1H3. The molecular formula is C13H15N3O2S. The Balaban J connectivity index is 1.97. The Kier molecular flexibility index (Phi) is 3.10. The first-order valence-electron chi connectivity index (χ1n) is 6.41. The number of nitrogens with zero attached hydrogens (tertiary/aromatic N) is 3. The topological polar surface area (TPSA) is 54.7 Å². The Morgan fingerprint density at radius 1 is 1.53 bits per heavy atom. The van der Waals surface area contributed by atoms with Gasteiger partial charge in [-0.05, 0) is 18.8 Å². The molecule has 0 saturated carbocycles. The van der Waals surface area contributed by atoms with Gasteiger partial charge in [0.05, 0.1) is 0 Å². The number of amides is 1. The third-order valence-electron chi connectivity index (χ3n) is 3.52. The quantitative estimate of drug-likeness (QED) is 0.796. The molecule has 2 aromatic heterocycles. The van der Waals surface area contributed by atoms with Gasteiger partial charge in [-0.3, -0.25) is 14.0 Å². The molecule has 6 heteroatoms. The van der Waals surface area contributed by atoms with E-state index in [1.54, 1.807) is 16.5 Å². The van der Waals surface area contributed by atoms with E-state index in [1.165, 1.54) is 21.9 Å². The van der Waals surface area contributed by atoms with Crippen molar-refractivity contribution >= 4 is 22.2 Å². The maximum absolute atomic E-state index is 12.4. The molecule has 0 spiro atoms. The monoisotopic (exact) mass is 277 g/mol. The number of thiazole rings is 1. The molecule has 1 aliphatic rings. The van der Waals surface area contributed by atoms with Crippen LogP contribution in [-0.4, -0.2) is 33.3 Å². The molecule has 1 unspecified atom stereocenters. The van der Waals surface area contributed by atoms with Gasteiger partial charge >= 0.3 is 0 Å². The average Bonchev–Trinajstić information content (AvgIpc) is 2.88. The van der Waals surface area contributed by atoms with Crippen molar-refractivity contribution in [2.24, 2.45) is 5.92 Å². The van der Waals surface area contributed by atoms with Crippen LogP contribution in [0.3, 0.4) is 0 Å². The minimum Gasteiger partial charge on any atom is -0.338 e. The van der Waals surface area contributed by atoms with Crippen LogP contribution in [0.4, 0.5) is 0 Å². The van der Waals surface area contributed by atoms with Crippen molar-refractivity contribution in [3.05, 3.63) is 33.7 Å². The first-order chi connectivity index (χ1) is 9.16. The molecule has 100 valence electrons. The molecule has 3 heterocycles. The zero-order chi connectivity index (χ0) is 13.4. The highest BCUT2D eigenvalue weighted by atomic mass is 32.1. The van der Waals surface area contributed by atoms with Crippen molar-refractivity contribution in [2.75, 3.05) is 13.1 Å². The van der Waals surface area contributed by atoms with Gasteiger partial charge in [0.2, 0.25) is 0 Å². The third-order valence-corrected chi connectivity index (χ3v) is 4.29. The van der Waals surface area contributed by atoms with Crippen molar-refractivity contribution < 1.29 is 4.79 Å². The molecule has 1 amide bonds. The molecule has 3 rings (SSSR count). The summed E-state index contributed by atoms with van der Waals surface area (Å²) < 4.78 is 1.44. The van der Waals surface area contributed by atoms with Crippen LogP contribution in [0.2, 0.25) is 0 Å². The van der Waals surface area contributed by atoms with Gasteiger partial charge in [-0.25, -0.2) is 4.98 Å². The Labute approximate surface area is 114 Å². The Hall–Kier alpha value is -1.69. The molecule has 0 bridgehead atoms. The average molecular weight is 277 g/mol. The van der Waals surface area contributed by atoms with Crippen LogP contribution in [0.1, 0.15) is 30.1 Å². The molecule has 0 aromatic carbocycles. The fourth-order valence-electron chi connectivity index (χ4n) is 2.52. The summed E-state index contributed by atoms with van der Waals surface area (Å²) in [4.78, 5) is 31.2. The highest BCUT2D eigenvalue weighted by Crippen LogP contribution is 2.17. The molecule has 1 aliphatic heterocycles. The summed E-state index contributed by atoms with van der Waals surface area (Å²) in [5.41, 5.74) is -0.0977. The van der Waals surface area contributed by atoms with Gasteiger partial charge in [-0.2, -0.15) is 0 Å². The Morgan fingerprint density at radius 2 is 2.37 bits per heavy atom. The summed E-state index contributed by atoms with van der Waals surface area (Å²) in [6.07, 6.45) is 5.22. The molecule has 1 atom stereocenters. The summed E-state index contributed by atoms with van der Waals surface area (Å²) in [7, 11) is 0. The summed E-state index contributed by atoms with van der Waals surface area (Å²) in [6, 6.07) is 0. The smallest absolute Gasteiger partial charge is 0.271 e. The number of aromatic nitrogens is 2. The van der Waals surface area contributed by atoms with E-state index in [0.29, 0.717) is 10.9 Å². The number of piperidine rings is 1. The fraction of sp³-hybridized carbons (Fsp3) is 0.462. The van der Waals surface area contributed by atoms with Crippen molar-refractivity contribution in [1.82, 2.24) is 14.3 Å². The highest BCUT2D eigenvalue weighted by Gasteiger charge is 2.24. The van der Waals surface area contributed by atoms with Gasteiger partial charge in [0.25, 0.3) is 11.5 Å². The number of fused-ring (bicyclic) bond motifs is 1. The van der Waals surface area contributed by atoms with E-state index in [9.17, 15) is 9.59 Å². The lowest BCUT2D eigenvalue weighted by molar-refractivity contribution is 0.0680. The summed E-state index contributed by atoms with van der Waals surface area (Å²) >= 11 is 1.38. The van der Waals surface area contributed by atoms with E-state index in [4.69, 9.17) is 0 Å². The maximum atomic E-state index is 12.4. The molecule has 19 heavy (non-hydrogen) atoms. The van der Waals surface area contributed by atoms with E-state index in [-0.39, 0.29) is 17.0 Å². The van der Waals surface area contributed by atoms with E-state index in [1.807, 2.05) is 0 Å². The van der Waals surface area contributed by atoms with Gasteiger partial charge in [-0.15, -0.1) is 11.3 Å². The van der Waals surface area contributed by atoms with E-state index in [0.717, 1.165) is 25.9 Å². The number of likely N-dealkylation sites (tertiary alicyclic amines) is 1. The minimum absolute atomic E-state index is 0.171. The summed E-state index contributed by atoms with van der Waals surface area (Å²) in [6.45, 7) is 3.59. The van der Waals surface area contributed by atoms with Crippen molar-refractivity contribution in [2.45, 2.75) is 19.8 Å². The lowest BCUT2D eigenvalue weighted by atomic mass is 10.00. The maximum Gasteiger partial charge on any atom is 0.271 e. The van der Waals surface area contributed by atoms with Crippen LogP contribution in [0.5, 0.6) is 0 Å². The number of carbonyl (C=O) groups excluding carboxylic acids is 1. The molecule has 0 N–H and O–H groups in total.